The highest BCUT2D eigenvalue weighted by Crippen LogP contribution is 2.65. The van der Waals surface area contributed by atoms with Gasteiger partial charge in [-0.15, -0.1) is 0 Å². The van der Waals surface area contributed by atoms with Crippen molar-refractivity contribution in [1.82, 2.24) is 0 Å². The number of benzene rings is 11. The van der Waals surface area contributed by atoms with Crippen LogP contribution >= 0.6 is 0 Å². The minimum atomic E-state index is -0.584. The summed E-state index contributed by atoms with van der Waals surface area (Å²) in [6.07, 6.45) is 0. The van der Waals surface area contributed by atoms with Gasteiger partial charge in [0.25, 0.3) is 0 Å². The molecule has 11 aromatic carbocycles. The van der Waals surface area contributed by atoms with E-state index in [9.17, 15) is 0 Å². The van der Waals surface area contributed by atoms with Gasteiger partial charge in [-0.25, -0.2) is 0 Å². The summed E-state index contributed by atoms with van der Waals surface area (Å²) in [5.74, 6) is 0. The second-order valence-electron chi connectivity index (χ2n) is 17.6. The van der Waals surface area contributed by atoms with Crippen molar-refractivity contribution >= 4 is 44.9 Å². The van der Waals surface area contributed by atoms with E-state index in [1.54, 1.807) is 0 Å². The molecule has 0 heterocycles. The minimum Gasteiger partial charge on any atom is -0.310 e. The van der Waals surface area contributed by atoms with Gasteiger partial charge in [-0.1, -0.05) is 200 Å². The fraction of sp³-hybridized carbons (Fsp3) is 0.0154. The molecule has 1 atom stereocenters. The number of rotatable bonds is 8. The molecular weight excluding hydrogens is 809 g/mol. The maximum absolute atomic E-state index is 2.50. The lowest BCUT2D eigenvalue weighted by molar-refractivity contribution is 0.793. The van der Waals surface area contributed by atoms with Crippen molar-refractivity contribution in [1.29, 1.82) is 0 Å². The topological polar surface area (TPSA) is 6.48 Å². The molecule has 2 aliphatic carbocycles. The predicted molar refractivity (Wildman–Crippen MR) is 280 cm³/mol. The monoisotopic (exact) mass is 852 g/mol. The summed E-state index contributed by atoms with van der Waals surface area (Å²) < 4.78 is 0. The second-order valence-corrected chi connectivity index (χ2v) is 17.6. The molecule has 0 amide bonds. The predicted octanol–water partition coefficient (Wildman–Crippen LogP) is 17.5. The van der Waals surface area contributed by atoms with Crippen LogP contribution in [0.2, 0.25) is 0 Å². The van der Waals surface area contributed by atoms with E-state index in [1.807, 2.05) is 0 Å². The molecule has 0 N–H and O–H groups in total. The van der Waals surface area contributed by atoms with E-state index in [1.165, 1.54) is 77.5 Å². The molecule has 314 valence electrons. The van der Waals surface area contributed by atoms with E-state index in [4.69, 9.17) is 0 Å². The first-order valence-corrected chi connectivity index (χ1v) is 23.2. The van der Waals surface area contributed by atoms with Gasteiger partial charge < -0.3 is 9.80 Å². The molecule has 0 aliphatic heterocycles. The van der Waals surface area contributed by atoms with E-state index in [0.29, 0.717) is 0 Å². The van der Waals surface area contributed by atoms with Gasteiger partial charge in [0.1, 0.15) is 0 Å². The summed E-state index contributed by atoms with van der Waals surface area (Å²) in [5, 5.41) is 2.43. The van der Waals surface area contributed by atoms with Crippen molar-refractivity contribution in [3.63, 3.8) is 0 Å². The third kappa shape index (κ3) is 6.18. The molecule has 2 aliphatic rings. The van der Waals surface area contributed by atoms with E-state index in [-0.39, 0.29) is 0 Å². The molecule has 0 saturated carbocycles. The maximum atomic E-state index is 2.50. The molecule has 2 nitrogen and oxygen atoms in total. The summed E-state index contributed by atoms with van der Waals surface area (Å²) in [7, 11) is 0. The van der Waals surface area contributed by atoms with Crippen LogP contribution < -0.4 is 9.80 Å². The van der Waals surface area contributed by atoms with Crippen molar-refractivity contribution in [2.45, 2.75) is 5.41 Å². The molecule has 67 heavy (non-hydrogen) atoms. The standard InChI is InChI=1S/C65H44N2/c1-4-19-45(20-5-1)49-25-16-29-52(41-49)66(54-38-37-47-23-10-11-24-48(47)43-54)55-39-40-57-56-31-12-14-33-59(56)65(62(57)44-55)60-34-15-13-32-58(60)64-61(65)35-18-36-63(64)67(51-27-8-3-9-28-51)53-30-17-26-50(42-53)46-21-6-2-7-22-46/h1-44H. The molecule has 0 aromatic heterocycles. The Morgan fingerprint density at radius 1 is 0.239 bits per heavy atom. The van der Waals surface area contributed by atoms with E-state index in [2.05, 4.69) is 277 Å². The highest BCUT2D eigenvalue weighted by molar-refractivity contribution is 6.02. The molecule has 0 bridgehead atoms. The molecule has 1 spiro atoms. The normalized spacial score (nSPS) is 14.0. The molecule has 2 heteroatoms. The summed E-state index contributed by atoms with van der Waals surface area (Å²) in [6, 6.07) is 98.2. The van der Waals surface area contributed by atoms with E-state index >= 15 is 0 Å². The largest absolute Gasteiger partial charge is 0.310 e. The first-order valence-electron chi connectivity index (χ1n) is 23.2. The zero-order valence-corrected chi connectivity index (χ0v) is 36.8. The van der Waals surface area contributed by atoms with Gasteiger partial charge in [0.2, 0.25) is 0 Å². The van der Waals surface area contributed by atoms with Crippen LogP contribution in [0.5, 0.6) is 0 Å². The molecule has 13 rings (SSSR count). The molecule has 0 radical (unpaired) electrons. The van der Waals surface area contributed by atoms with Crippen LogP contribution in [-0.2, 0) is 5.41 Å². The molecule has 1 unspecified atom stereocenters. The summed E-state index contributed by atoms with van der Waals surface area (Å²) >= 11 is 0. The van der Waals surface area contributed by atoms with Gasteiger partial charge in [-0.05, 0) is 139 Å². The Bertz CT molecular complexity index is 3650. The lowest BCUT2D eigenvalue weighted by atomic mass is 9.70. The zero-order chi connectivity index (χ0) is 44.3. The minimum absolute atomic E-state index is 0.584. The highest BCUT2D eigenvalue weighted by atomic mass is 15.2. The fourth-order valence-corrected chi connectivity index (χ4v) is 11.2. The fourth-order valence-electron chi connectivity index (χ4n) is 11.2. The van der Waals surface area contributed by atoms with Crippen LogP contribution in [0.15, 0.2) is 267 Å². The Labute approximate surface area is 391 Å². The van der Waals surface area contributed by atoms with Crippen LogP contribution in [-0.4, -0.2) is 0 Å². The quantitative estimate of drug-likeness (QED) is 0.150. The summed E-state index contributed by atoms with van der Waals surface area (Å²) in [5.41, 5.74) is 21.1. The summed E-state index contributed by atoms with van der Waals surface area (Å²) in [4.78, 5) is 4.91. The van der Waals surface area contributed by atoms with Crippen molar-refractivity contribution in [3.05, 3.63) is 289 Å². The SMILES string of the molecule is c1ccc(-c2cccc(N(c3ccc4c(c3)C3(c5ccccc5-4)c4ccccc4-c4c(N(c5ccccc5)c5cccc(-c6ccccc6)c5)cccc43)c3ccc4ccccc4c3)c2)cc1. The highest BCUT2D eigenvalue weighted by Gasteiger charge is 2.52. The van der Waals surface area contributed by atoms with Crippen molar-refractivity contribution < 1.29 is 0 Å². The average Bonchev–Trinajstić information content (AvgIpc) is 3.87. The lowest BCUT2D eigenvalue weighted by Gasteiger charge is -2.33. The van der Waals surface area contributed by atoms with Crippen molar-refractivity contribution in [2.75, 3.05) is 9.80 Å². The third-order valence-electron chi connectivity index (χ3n) is 14.0. The Balaban J connectivity index is 1.06. The van der Waals surface area contributed by atoms with Gasteiger partial charge in [0.15, 0.2) is 0 Å². The number of hydrogen-bond donors (Lipinski definition) is 0. The summed E-state index contributed by atoms with van der Waals surface area (Å²) in [6.45, 7) is 0. The number of hydrogen-bond acceptors (Lipinski definition) is 2. The number of nitrogens with zero attached hydrogens (tertiary/aromatic N) is 2. The van der Waals surface area contributed by atoms with Gasteiger partial charge in [-0.2, -0.15) is 0 Å². The maximum Gasteiger partial charge on any atom is 0.0727 e. The molecular formula is C65H44N2. The van der Waals surface area contributed by atoms with E-state index in [0.717, 1.165) is 34.1 Å². The molecule has 0 saturated heterocycles. The first kappa shape index (κ1) is 38.7. The lowest BCUT2D eigenvalue weighted by Crippen LogP contribution is -2.26. The Hall–Kier alpha value is -8.72. The van der Waals surface area contributed by atoms with Crippen molar-refractivity contribution in [2.24, 2.45) is 0 Å². The van der Waals surface area contributed by atoms with Crippen molar-refractivity contribution in [3.8, 4) is 44.5 Å². The first-order chi connectivity index (χ1) is 33.2. The Kier molecular flexibility index (Phi) is 9.11. The van der Waals surface area contributed by atoms with Crippen LogP contribution in [0.3, 0.4) is 0 Å². The second kappa shape index (κ2) is 15.8. The zero-order valence-electron chi connectivity index (χ0n) is 36.8. The van der Waals surface area contributed by atoms with Crippen LogP contribution in [0.4, 0.5) is 34.1 Å². The van der Waals surface area contributed by atoms with Crippen LogP contribution in [0.1, 0.15) is 22.3 Å². The van der Waals surface area contributed by atoms with E-state index < -0.39 is 5.41 Å². The third-order valence-corrected chi connectivity index (χ3v) is 14.0. The average molecular weight is 853 g/mol. The van der Waals surface area contributed by atoms with Gasteiger partial charge in [0, 0.05) is 34.0 Å². The van der Waals surface area contributed by atoms with Gasteiger partial charge in [0.05, 0.1) is 11.1 Å². The molecule has 11 aromatic rings. The number of anilines is 6. The molecule has 0 fully saturated rings. The Morgan fingerprint density at radius 2 is 0.701 bits per heavy atom. The van der Waals surface area contributed by atoms with Gasteiger partial charge >= 0.3 is 0 Å². The number of para-hydroxylation sites is 1. The smallest absolute Gasteiger partial charge is 0.0727 e. The number of fused-ring (bicyclic) bond motifs is 11. The van der Waals surface area contributed by atoms with Gasteiger partial charge in [-0.3, -0.25) is 0 Å². The van der Waals surface area contributed by atoms with Crippen LogP contribution in [0.25, 0.3) is 55.3 Å². The Morgan fingerprint density at radius 3 is 1.40 bits per heavy atom. The van der Waals surface area contributed by atoms with Crippen LogP contribution in [0, 0.1) is 0 Å².